The van der Waals surface area contributed by atoms with Crippen molar-refractivity contribution in [2.75, 3.05) is 0 Å². The van der Waals surface area contributed by atoms with Gasteiger partial charge in [-0.05, 0) is 54.5 Å². The van der Waals surface area contributed by atoms with Gasteiger partial charge in [0.1, 0.15) is 0 Å². The molecule has 1 aliphatic carbocycles. The van der Waals surface area contributed by atoms with Crippen molar-refractivity contribution >= 4 is 5.57 Å². The molecule has 1 aromatic carbocycles. The fourth-order valence-corrected chi connectivity index (χ4v) is 2.13. The summed E-state index contributed by atoms with van der Waals surface area (Å²) in [6.07, 6.45) is 6.67. The van der Waals surface area contributed by atoms with Crippen LogP contribution in [0.3, 0.4) is 0 Å². The number of rotatable bonds is 2. The first-order chi connectivity index (χ1) is 8.49. The number of aryl methyl sites for hydroxylation is 2. The molecule has 0 heterocycles. The van der Waals surface area contributed by atoms with Crippen LogP contribution in [0.4, 0.5) is 0 Å². The van der Waals surface area contributed by atoms with Gasteiger partial charge in [-0.15, -0.1) is 0 Å². The molecule has 1 unspecified atom stereocenters. The second-order valence-electron chi connectivity index (χ2n) is 5.27. The minimum absolute atomic E-state index is 0.508. The Morgan fingerprint density at radius 1 is 1.11 bits per heavy atom. The Labute approximate surface area is 111 Å². The Hall–Kier alpha value is -1.56. The predicted molar refractivity (Wildman–Crippen MR) is 80.3 cm³/mol. The van der Waals surface area contributed by atoms with E-state index in [9.17, 15) is 0 Å². The first kappa shape index (κ1) is 12.9. The van der Waals surface area contributed by atoms with E-state index in [1.165, 1.54) is 27.8 Å². The number of benzene rings is 1. The third-order valence-corrected chi connectivity index (χ3v) is 3.88. The molecule has 0 nitrogen and oxygen atoms in total. The summed E-state index contributed by atoms with van der Waals surface area (Å²) in [5.41, 5.74) is 7.65. The molecule has 1 radical (unpaired) electrons. The normalized spacial score (nSPS) is 19.2. The highest BCUT2D eigenvalue weighted by atomic mass is 14.2. The molecule has 18 heavy (non-hydrogen) atoms. The Kier molecular flexibility index (Phi) is 3.56. The average molecular weight is 237 g/mol. The predicted octanol–water partition coefficient (Wildman–Crippen LogP) is 5.04. The van der Waals surface area contributed by atoms with Crippen molar-refractivity contribution in [3.05, 3.63) is 71.2 Å². The SMILES string of the molecule is C=C(C1=CC(C)C(C)=C[CH]1)c1ccc(C)c(C)c1. The lowest BCUT2D eigenvalue weighted by molar-refractivity contribution is 0.845. The number of allylic oxidation sites excluding steroid dienone is 5. The molecule has 0 aliphatic heterocycles. The maximum Gasteiger partial charge on any atom is 0.0127 e. The van der Waals surface area contributed by atoms with Gasteiger partial charge in [0.2, 0.25) is 0 Å². The Bertz CT molecular complexity index is 541. The monoisotopic (exact) mass is 237 g/mol. The Balaban J connectivity index is 2.27. The molecule has 0 amide bonds. The fourth-order valence-electron chi connectivity index (χ4n) is 2.13. The zero-order valence-corrected chi connectivity index (χ0v) is 11.7. The fraction of sp³-hybridized carbons (Fsp3) is 0.278. The van der Waals surface area contributed by atoms with E-state index in [4.69, 9.17) is 0 Å². The van der Waals surface area contributed by atoms with E-state index in [2.05, 4.69) is 71.0 Å². The summed E-state index contributed by atoms with van der Waals surface area (Å²) in [6.45, 7) is 12.9. The zero-order chi connectivity index (χ0) is 13.3. The van der Waals surface area contributed by atoms with E-state index < -0.39 is 0 Å². The summed E-state index contributed by atoms with van der Waals surface area (Å²) in [6, 6.07) is 6.56. The molecule has 0 fully saturated rings. The van der Waals surface area contributed by atoms with Crippen LogP contribution in [0, 0.1) is 26.2 Å². The molecular weight excluding hydrogens is 216 g/mol. The molecule has 0 spiro atoms. The molecule has 1 atom stereocenters. The van der Waals surface area contributed by atoms with E-state index in [-0.39, 0.29) is 0 Å². The van der Waals surface area contributed by atoms with E-state index in [0.717, 1.165) is 5.57 Å². The van der Waals surface area contributed by atoms with Crippen LogP contribution in [0.2, 0.25) is 0 Å². The van der Waals surface area contributed by atoms with Crippen molar-refractivity contribution in [1.82, 2.24) is 0 Å². The van der Waals surface area contributed by atoms with Crippen molar-refractivity contribution in [3.63, 3.8) is 0 Å². The van der Waals surface area contributed by atoms with E-state index >= 15 is 0 Å². The lowest BCUT2D eigenvalue weighted by Gasteiger charge is -2.19. The Morgan fingerprint density at radius 3 is 2.44 bits per heavy atom. The summed E-state index contributed by atoms with van der Waals surface area (Å²) < 4.78 is 0. The number of hydrogen-bond donors (Lipinski definition) is 0. The van der Waals surface area contributed by atoms with Gasteiger partial charge in [-0.25, -0.2) is 0 Å². The van der Waals surface area contributed by atoms with Crippen molar-refractivity contribution in [1.29, 1.82) is 0 Å². The van der Waals surface area contributed by atoms with Crippen LogP contribution in [0.5, 0.6) is 0 Å². The highest BCUT2D eigenvalue weighted by molar-refractivity contribution is 5.81. The van der Waals surface area contributed by atoms with Crippen LogP contribution in [0.1, 0.15) is 30.5 Å². The summed E-state index contributed by atoms with van der Waals surface area (Å²) in [4.78, 5) is 0. The zero-order valence-electron chi connectivity index (χ0n) is 11.7. The van der Waals surface area contributed by atoms with Crippen LogP contribution in [-0.4, -0.2) is 0 Å². The van der Waals surface area contributed by atoms with Gasteiger partial charge in [0.05, 0.1) is 0 Å². The minimum Gasteiger partial charge on any atom is -0.0909 e. The second-order valence-corrected chi connectivity index (χ2v) is 5.27. The highest BCUT2D eigenvalue weighted by Gasteiger charge is 2.13. The molecule has 1 aromatic rings. The van der Waals surface area contributed by atoms with Crippen LogP contribution < -0.4 is 0 Å². The van der Waals surface area contributed by atoms with Crippen molar-refractivity contribution in [3.8, 4) is 0 Å². The topological polar surface area (TPSA) is 0 Å². The maximum atomic E-state index is 4.25. The Morgan fingerprint density at radius 2 is 1.83 bits per heavy atom. The molecule has 0 saturated carbocycles. The molecule has 0 aromatic heterocycles. The maximum absolute atomic E-state index is 4.25. The summed E-state index contributed by atoms with van der Waals surface area (Å²) >= 11 is 0. The van der Waals surface area contributed by atoms with E-state index in [1.54, 1.807) is 0 Å². The molecular formula is C18H21. The summed E-state index contributed by atoms with van der Waals surface area (Å²) in [5, 5.41) is 0. The smallest absolute Gasteiger partial charge is 0.0127 e. The van der Waals surface area contributed by atoms with Gasteiger partial charge in [0.15, 0.2) is 0 Å². The van der Waals surface area contributed by atoms with Gasteiger partial charge < -0.3 is 0 Å². The quantitative estimate of drug-likeness (QED) is 0.675. The van der Waals surface area contributed by atoms with Crippen LogP contribution in [0.25, 0.3) is 5.57 Å². The second kappa shape index (κ2) is 4.97. The minimum atomic E-state index is 0.508. The first-order valence-corrected chi connectivity index (χ1v) is 6.49. The average Bonchev–Trinajstić information content (AvgIpc) is 2.35. The number of hydrogen-bond acceptors (Lipinski definition) is 0. The molecule has 0 N–H and O–H groups in total. The van der Waals surface area contributed by atoms with Crippen molar-refractivity contribution < 1.29 is 0 Å². The van der Waals surface area contributed by atoms with Gasteiger partial charge >= 0.3 is 0 Å². The van der Waals surface area contributed by atoms with Crippen LogP contribution in [-0.2, 0) is 0 Å². The van der Waals surface area contributed by atoms with Gasteiger partial charge in [-0.2, -0.15) is 0 Å². The van der Waals surface area contributed by atoms with Gasteiger partial charge in [0.25, 0.3) is 0 Å². The van der Waals surface area contributed by atoms with Gasteiger partial charge in [-0.1, -0.05) is 49.4 Å². The van der Waals surface area contributed by atoms with E-state index in [0.29, 0.717) is 5.92 Å². The largest absolute Gasteiger partial charge is 0.0909 e. The van der Waals surface area contributed by atoms with Gasteiger partial charge in [-0.3, -0.25) is 0 Å². The molecule has 0 bridgehead atoms. The molecule has 0 heteroatoms. The highest BCUT2D eigenvalue weighted by Crippen LogP contribution is 2.31. The van der Waals surface area contributed by atoms with E-state index in [1.807, 2.05) is 0 Å². The molecule has 93 valence electrons. The molecule has 0 saturated heterocycles. The van der Waals surface area contributed by atoms with Crippen LogP contribution in [0.15, 0.2) is 48.1 Å². The van der Waals surface area contributed by atoms with Gasteiger partial charge in [0, 0.05) is 6.42 Å². The lowest BCUT2D eigenvalue weighted by Crippen LogP contribution is -2.02. The van der Waals surface area contributed by atoms with Crippen molar-refractivity contribution in [2.45, 2.75) is 27.7 Å². The first-order valence-electron chi connectivity index (χ1n) is 6.49. The summed E-state index contributed by atoms with van der Waals surface area (Å²) in [5.74, 6) is 0.508. The standard InChI is InChI=1S/C18H21/c1-12-6-8-17(10-14(12)3)16(5)18-9-7-13(2)15(4)11-18/h6-11,14H,5H2,1-4H3. The molecule has 2 rings (SSSR count). The molecule has 1 aliphatic rings. The van der Waals surface area contributed by atoms with Crippen LogP contribution >= 0.6 is 0 Å². The third-order valence-electron chi connectivity index (χ3n) is 3.88. The van der Waals surface area contributed by atoms with Crippen molar-refractivity contribution in [2.24, 2.45) is 5.92 Å². The lowest BCUT2D eigenvalue weighted by atomic mass is 9.86. The third kappa shape index (κ3) is 2.48. The summed E-state index contributed by atoms with van der Waals surface area (Å²) in [7, 11) is 0.